The molecule has 1 atom stereocenters. The Labute approximate surface area is 157 Å². The van der Waals surface area contributed by atoms with Crippen molar-refractivity contribution in [1.29, 1.82) is 0 Å². The Morgan fingerprint density at radius 2 is 1.89 bits per heavy atom. The fourth-order valence-corrected chi connectivity index (χ4v) is 3.64. The molecule has 1 aromatic heterocycles. The van der Waals surface area contributed by atoms with E-state index in [1.54, 1.807) is 11.2 Å². The van der Waals surface area contributed by atoms with Gasteiger partial charge >= 0.3 is 6.03 Å². The summed E-state index contributed by atoms with van der Waals surface area (Å²) in [6.45, 7) is 4.81. The third kappa shape index (κ3) is 3.52. The number of aromatic amines is 1. The molecule has 0 saturated carbocycles. The molecule has 142 valence electrons. The van der Waals surface area contributed by atoms with Crippen LogP contribution in [0.5, 0.6) is 0 Å². The van der Waals surface area contributed by atoms with Crippen LogP contribution in [0.25, 0.3) is 0 Å². The van der Waals surface area contributed by atoms with Gasteiger partial charge in [0.1, 0.15) is 6.04 Å². The molecule has 0 aliphatic carbocycles. The van der Waals surface area contributed by atoms with Crippen LogP contribution in [-0.4, -0.2) is 64.4 Å². The predicted molar refractivity (Wildman–Crippen MR) is 101 cm³/mol. The Kier molecular flexibility index (Phi) is 4.81. The van der Waals surface area contributed by atoms with Gasteiger partial charge in [0.15, 0.2) is 0 Å². The van der Waals surface area contributed by atoms with Crippen LogP contribution in [0, 0.1) is 6.92 Å². The highest BCUT2D eigenvalue weighted by molar-refractivity contribution is 5.90. The number of benzene rings is 1. The van der Waals surface area contributed by atoms with Gasteiger partial charge in [0.25, 0.3) is 0 Å². The van der Waals surface area contributed by atoms with Gasteiger partial charge in [0.05, 0.1) is 12.0 Å². The summed E-state index contributed by atoms with van der Waals surface area (Å²) in [5.74, 6) is 0.0296. The van der Waals surface area contributed by atoms with E-state index in [-0.39, 0.29) is 11.9 Å². The first kappa shape index (κ1) is 17.5. The van der Waals surface area contributed by atoms with E-state index >= 15 is 0 Å². The summed E-state index contributed by atoms with van der Waals surface area (Å²) in [5.41, 5.74) is 3.67. The van der Waals surface area contributed by atoms with Crippen LogP contribution in [0.1, 0.15) is 23.0 Å². The number of piperazine rings is 1. The van der Waals surface area contributed by atoms with Gasteiger partial charge < -0.3 is 25.4 Å². The average molecular weight is 368 g/mol. The molecule has 0 spiro atoms. The summed E-state index contributed by atoms with van der Waals surface area (Å²) in [7, 11) is 0. The summed E-state index contributed by atoms with van der Waals surface area (Å²) in [6.07, 6.45) is 2.50. The molecule has 27 heavy (non-hydrogen) atoms. The number of imidazole rings is 1. The zero-order valence-corrected chi connectivity index (χ0v) is 15.4. The predicted octanol–water partition coefficient (Wildman–Crippen LogP) is 1.28. The van der Waals surface area contributed by atoms with E-state index in [0.717, 1.165) is 35.6 Å². The number of nitrogens with zero attached hydrogens (tertiary/aromatic N) is 3. The number of urea groups is 1. The van der Waals surface area contributed by atoms with Crippen molar-refractivity contribution in [2.24, 2.45) is 0 Å². The van der Waals surface area contributed by atoms with Gasteiger partial charge in [-0.15, -0.1) is 0 Å². The van der Waals surface area contributed by atoms with Crippen LogP contribution in [0.15, 0.2) is 30.6 Å². The number of nitrogens with one attached hydrogen (secondary N) is 3. The lowest BCUT2D eigenvalue weighted by atomic mass is 10.0. The first-order valence-electron chi connectivity index (χ1n) is 9.29. The zero-order chi connectivity index (χ0) is 18.8. The summed E-state index contributed by atoms with van der Waals surface area (Å²) in [5, 5.41) is 6.22. The molecule has 8 heteroatoms. The maximum atomic E-state index is 12.9. The first-order chi connectivity index (χ1) is 13.1. The maximum absolute atomic E-state index is 12.9. The smallest absolute Gasteiger partial charge is 0.321 e. The van der Waals surface area contributed by atoms with Gasteiger partial charge in [0, 0.05) is 50.5 Å². The Morgan fingerprint density at radius 3 is 2.67 bits per heavy atom. The number of rotatable bonds is 2. The maximum Gasteiger partial charge on any atom is 0.321 e. The van der Waals surface area contributed by atoms with Crippen LogP contribution in [0.4, 0.5) is 10.5 Å². The Morgan fingerprint density at radius 1 is 1.15 bits per heavy atom. The van der Waals surface area contributed by atoms with Gasteiger partial charge in [-0.2, -0.15) is 0 Å². The second-order valence-corrected chi connectivity index (χ2v) is 6.96. The Bertz CT molecular complexity index is 840. The second kappa shape index (κ2) is 7.40. The molecule has 0 unspecified atom stereocenters. The van der Waals surface area contributed by atoms with Crippen LogP contribution in [-0.2, 0) is 11.2 Å². The van der Waals surface area contributed by atoms with Crippen molar-refractivity contribution in [3.8, 4) is 0 Å². The third-order valence-corrected chi connectivity index (χ3v) is 5.26. The van der Waals surface area contributed by atoms with E-state index in [1.165, 1.54) is 0 Å². The number of carbonyl (C=O) groups is 2. The molecule has 0 bridgehead atoms. The first-order valence-corrected chi connectivity index (χ1v) is 9.29. The highest BCUT2D eigenvalue weighted by Crippen LogP contribution is 2.22. The van der Waals surface area contributed by atoms with Crippen LogP contribution < -0.4 is 10.6 Å². The van der Waals surface area contributed by atoms with Gasteiger partial charge in [-0.1, -0.05) is 18.2 Å². The van der Waals surface area contributed by atoms with Gasteiger partial charge in [-0.25, -0.2) is 9.78 Å². The van der Waals surface area contributed by atoms with Crippen molar-refractivity contribution in [3.05, 3.63) is 47.5 Å². The fraction of sp³-hybridized carbons (Fsp3) is 0.421. The third-order valence-electron chi connectivity index (χ3n) is 5.26. The molecule has 1 aromatic carbocycles. The molecular formula is C19H24N6O2. The molecule has 3 N–H and O–H groups in total. The number of amides is 3. The van der Waals surface area contributed by atoms with E-state index in [0.29, 0.717) is 26.2 Å². The summed E-state index contributed by atoms with van der Waals surface area (Å²) < 4.78 is 0. The second-order valence-electron chi connectivity index (χ2n) is 6.96. The number of para-hydroxylation sites is 1. The minimum absolute atomic E-state index is 0.0296. The number of aryl methyl sites for hydroxylation is 1. The molecule has 3 amide bonds. The minimum atomic E-state index is -0.396. The van der Waals surface area contributed by atoms with Gasteiger partial charge in [0.2, 0.25) is 5.91 Å². The lowest BCUT2D eigenvalue weighted by Gasteiger charge is -2.37. The molecular weight excluding hydrogens is 344 g/mol. The van der Waals surface area contributed by atoms with E-state index < -0.39 is 6.04 Å². The molecule has 2 aliphatic heterocycles. The van der Waals surface area contributed by atoms with Crippen molar-refractivity contribution >= 4 is 17.6 Å². The summed E-state index contributed by atoms with van der Waals surface area (Å²) >= 11 is 0. The molecule has 1 fully saturated rings. The largest absolute Gasteiger partial charge is 0.348 e. The number of H-pyrrole nitrogens is 1. The fourth-order valence-electron chi connectivity index (χ4n) is 3.64. The van der Waals surface area contributed by atoms with Crippen molar-refractivity contribution in [3.63, 3.8) is 0 Å². The Balaban J connectivity index is 1.35. The molecule has 8 nitrogen and oxygen atoms in total. The van der Waals surface area contributed by atoms with Crippen molar-refractivity contribution < 1.29 is 9.59 Å². The molecule has 3 heterocycles. The lowest BCUT2D eigenvalue weighted by molar-refractivity contribution is -0.135. The number of hydrogen-bond donors (Lipinski definition) is 3. The van der Waals surface area contributed by atoms with E-state index in [2.05, 4.69) is 20.6 Å². The van der Waals surface area contributed by atoms with E-state index in [9.17, 15) is 9.59 Å². The van der Waals surface area contributed by atoms with Crippen molar-refractivity contribution in [2.75, 3.05) is 38.0 Å². The number of fused-ring (bicyclic) bond motifs is 1. The van der Waals surface area contributed by atoms with Crippen LogP contribution >= 0.6 is 0 Å². The zero-order valence-electron chi connectivity index (χ0n) is 15.4. The van der Waals surface area contributed by atoms with Gasteiger partial charge in [-0.05, 0) is 18.6 Å². The van der Waals surface area contributed by atoms with Crippen LogP contribution in [0.3, 0.4) is 0 Å². The summed E-state index contributed by atoms with van der Waals surface area (Å²) in [4.78, 5) is 36.4. The Hall–Kier alpha value is -2.87. The van der Waals surface area contributed by atoms with Crippen molar-refractivity contribution in [1.82, 2.24) is 25.1 Å². The molecule has 0 radical (unpaired) electrons. The number of anilines is 1. The van der Waals surface area contributed by atoms with Gasteiger partial charge in [-0.3, -0.25) is 4.79 Å². The molecule has 2 aromatic rings. The number of aromatic nitrogens is 2. The minimum Gasteiger partial charge on any atom is -0.348 e. The van der Waals surface area contributed by atoms with Crippen molar-refractivity contribution in [2.45, 2.75) is 19.4 Å². The standard InChI is InChI=1S/C19H24N6O2/c1-13-4-2-3-5-14(13)23-19(27)25-10-8-24(9-11-25)18(26)17-16-15(6-7-20-17)21-12-22-16/h2-5,12,17,20H,6-11H2,1H3,(H,21,22)(H,23,27)/t17-/m1/s1. The SMILES string of the molecule is Cc1ccccc1NC(=O)N1CCN(C(=O)[C@@H]2NCCc3[nH]cnc32)CC1. The molecule has 1 saturated heterocycles. The molecule has 2 aliphatic rings. The number of hydrogen-bond acceptors (Lipinski definition) is 4. The topological polar surface area (TPSA) is 93.4 Å². The number of carbonyl (C=O) groups excluding carboxylic acids is 2. The normalized spacial score (nSPS) is 19.5. The lowest BCUT2D eigenvalue weighted by Crippen LogP contribution is -2.54. The quantitative estimate of drug-likeness (QED) is 0.744. The molecule has 4 rings (SSSR count). The highest BCUT2D eigenvalue weighted by Gasteiger charge is 2.33. The monoisotopic (exact) mass is 368 g/mol. The van der Waals surface area contributed by atoms with E-state index in [4.69, 9.17) is 0 Å². The van der Waals surface area contributed by atoms with Crippen LogP contribution in [0.2, 0.25) is 0 Å². The average Bonchev–Trinajstić information content (AvgIpc) is 3.18. The highest BCUT2D eigenvalue weighted by atomic mass is 16.2. The van der Waals surface area contributed by atoms with E-state index in [1.807, 2.05) is 36.1 Å². The summed E-state index contributed by atoms with van der Waals surface area (Å²) in [6, 6.07) is 7.18.